The number of benzene rings is 1. The van der Waals surface area contributed by atoms with Crippen LogP contribution in [-0.4, -0.2) is 19.3 Å². The molecule has 1 unspecified atom stereocenters. The quantitative estimate of drug-likeness (QED) is 0.653. The number of anilines is 1. The van der Waals surface area contributed by atoms with Crippen LogP contribution >= 0.6 is 0 Å². The SMILES string of the molecule is [c]1ccc(NCC2CO2)cc1. The lowest BCUT2D eigenvalue weighted by molar-refractivity contribution is 0.417. The van der Waals surface area contributed by atoms with Crippen LogP contribution in [0.3, 0.4) is 0 Å². The molecule has 2 rings (SSSR count). The summed E-state index contributed by atoms with van der Waals surface area (Å²) in [5.74, 6) is 0. The Hall–Kier alpha value is -1.02. The van der Waals surface area contributed by atoms with Gasteiger partial charge in [0, 0.05) is 12.2 Å². The van der Waals surface area contributed by atoms with Crippen LogP contribution in [0.2, 0.25) is 0 Å². The van der Waals surface area contributed by atoms with Crippen molar-refractivity contribution in [2.24, 2.45) is 0 Å². The molecule has 1 atom stereocenters. The third-order valence-corrected chi connectivity index (χ3v) is 1.65. The van der Waals surface area contributed by atoms with E-state index in [1.807, 2.05) is 24.3 Å². The van der Waals surface area contributed by atoms with Gasteiger partial charge in [-0.25, -0.2) is 0 Å². The second kappa shape index (κ2) is 2.93. The zero-order chi connectivity index (χ0) is 7.52. The Bertz CT molecular complexity index is 218. The number of hydrogen-bond acceptors (Lipinski definition) is 2. The Morgan fingerprint density at radius 1 is 1.55 bits per heavy atom. The monoisotopic (exact) mass is 148 g/mol. The molecule has 1 aliphatic rings. The van der Waals surface area contributed by atoms with Crippen LogP contribution in [-0.2, 0) is 4.74 Å². The van der Waals surface area contributed by atoms with Gasteiger partial charge in [-0.1, -0.05) is 12.1 Å². The first-order chi connectivity index (χ1) is 5.45. The second-order valence-corrected chi connectivity index (χ2v) is 2.62. The molecule has 2 heteroatoms. The topological polar surface area (TPSA) is 24.6 Å². The van der Waals surface area contributed by atoms with Gasteiger partial charge in [-0.3, -0.25) is 0 Å². The molecule has 0 aliphatic carbocycles. The smallest absolute Gasteiger partial charge is 0.0981 e. The molecule has 1 heterocycles. The maximum atomic E-state index is 5.06. The first-order valence-electron chi connectivity index (χ1n) is 3.77. The van der Waals surface area contributed by atoms with Gasteiger partial charge in [0.05, 0.1) is 12.7 Å². The molecule has 2 nitrogen and oxygen atoms in total. The van der Waals surface area contributed by atoms with E-state index in [9.17, 15) is 0 Å². The predicted octanol–water partition coefficient (Wildman–Crippen LogP) is 1.30. The van der Waals surface area contributed by atoms with Gasteiger partial charge in [-0.2, -0.15) is 0 Å². The van der Waals surface area contributed by atoms with E-state index in [-0.39, 0.29) is 0 Å². The van der Waals surface area contributed by atoms with Gasteiger partial charge in [-0.15, -0.1) is 0 Å². The zero-order valence-corrected chi connectivity index (χ0v) is 6.21. The third-order valence-electron chi connectivity index (χ3n) is 1.65. The van der Waals surface area contributed by atoms with E-state index < -0.39 is 0 Å². The van der Waals surface area contributed by atoms with E-state index in [4.69, 9.17) is 4.74 Å². The Kier molecular flexibility index (Phi) is 1.78. The molecule has 11 heavy (non-hydrogen) atoms. The van der Waals surface area contributed by atoms with Gasteiger partial charge in [0.25, 0.3) is 0 Å². The fraction of sp³-hybridized carbons (Fsp3) is 0.333. The molecule has 1 saturated heterocycles. The normalized spacial score (nSPS) is 21.3. The van der Waals surface area contributed by atoms with Crippen molar-refractivity contribution >= 4 is 5.69 Å². The van der Waals surface area contributed by atoms with Gasteiger partial charge in [0.1, 0.15) is 0 Å². The van der Waals surface area contributed by atoms with Crippen LogP contribution in [0.5, 0.6) is 0 Å². The molecule has 0 spiro atoms. The highest BCUT2D eigenvalue weighted by Gasteiger charge is 2.21. The molecule has 1 aromatic carbocycles. The van der Waals surface area contributed by atoms with Crippen molar-refractivity contribution in [3.63, 3.8) is 0 Å². The standard InChI is InChI=1S/C9H10NO/c1-2-4-8(5-3-1)10-6-9-7-11-9/h2-5,9-10H,6-7H2. The average Bonchev–Trinajstić information content (AvgIpc) is 2.86. The van der Waals surface area contributed by atoms with Gasteiger partial charge in [0.2, 0.25) is 0 Å². The summed E-state index contributed by atoms with van der Waals surface area (Å²) in [7, 11) is 0. The minimum atomic E-state index is 0.444. The molecule has 1 aliphatic heterocycles. The second-order valence-electron chi connectivity index (χ2n) is 2.62. The molecule has 0 aromatic heterocycles. The number of ether oxygens (including phenoxy) is 1. The van der Waals surface area contributed by atoms with Gasteiger partial charge in [-0.05, 0) is 18.2 Å². The summed E-state index contributed by atoms with van der Waals surface area (Å²) >= 11 is 0. The van der Waals surface area contributed by atoms with E-state index in [2.05, 4.69) is 11.4 Å². The van der Waals surface area contributed by atoms with E-state index in [1.54, 1.807) is 0 Å². The summed E-state index contributed by atoms with van der Waals surface area (Å²) in [5, 5.41) is 3.26. The van der Waals surface area contributed by atoms with Crippen molar-refractivity contribution in [1.29, 1.82) is 0 Å². The predicted molar refractivity (Wildman–Crippen MR) is 43.5 cm³/mol. The molecular weight excluding hydrogens is 138 g/mol. The number of hydrogen-bond donors (Lipinski definition) is 1. The molecule has 1 N–H and O–H groups in total. The van der Waals surface area contributed by atoms with Gasteiger partial charge >= 0.3 is 0 Å². The summed E-state index contributed by atoms with van der Waals surface area (Å²) in [5.41, 5.74) is 1.14. The van der Waals surface area contributed by atoms with E-state index >= 15 is 0 Å². The molecular formula is C9H10NO. The highest BCUT2D eigenvalue weighted by Crippen LogP contribution is 2.11. The highest BCUT2D eigenvalue weighted by molar-refractivity contribution is 5.42. The summed E-state index contributed by atoms with van der Waals surface area (Å²) in [6.45, 7) is 1.83. The first-order valence-corrected chi connectivity index (χ1v) is 3.77. The lowest BCUT2D eigenvalue weighted by Crippen LogP contribution is -2.06. The van der Waals surface area contributed by atoms with Crippen LogP contribution in [0.4, 0.5) is 5.69 Å². The lowest BCUT2D eigenvalue weighted by Gasteiger charge is -2.01. The van der Waals surface area contributed by atoms with Crippen molar-refractivity contribution in [2.75, 3.05) is 18.5 Å². The highest BCUT2D eigenvalue weighted by atomic mass is 16.6. The Morgan fingerprint density at radius 3 is 2.91 bits per heavy atom. The van der Waals surface area contributed by atoms with Crippen LogP contribution in [0.1, 0.15) is 0 Å². The van der Waals surface area contributed by atoms with Crippen molar-refractivity contribution < 1.29 is 4.74 Å². The minimum Gasteiger partial charge on any atom is -0.382 e. The number of nitrogens with one attached hydrogen (secondary N) is 1. The summed E-state index contributed by atoms with van der Waals surface area (Å²) in [6, 6.07) is 10.8. The van der Waals surface area contributed by atoms with Gasteiger partial charge in [0.15, 0.2) is 0 Å². The minimum absolute atomic E-state index is 0.444. The number of epoxide rings is 1. The first kappa shape index (κ1) is 6.68. The lowest BCUT2D eigenvalue weighted by atomic mass is 10.3. The van der Waals surface area contributed by atoms with Crippen LogP contribution < -0.4 is 5.32 Å². The molecule has 0 amide bonds. The molecule has 1 radical (unpaired) electrons. The Morgan fingerprint density at radius 2 is 2.27 bits per heavy atom. The Balaban J connectivity index is 1.85. The van der Waals surface area contributed by atoms with Crippen LogP contribution in [0, 0.1) is 6.07 Å². The van der Waals surface area contributed by atoms with Crippen molar-refractivity contribution in [2.45, 2.75) is 6.10 Å². The summed E-state index contributed by atoms with van der Waals surface area (Å²) < 4.78 is 5.06. The zero-order valence-electron chi connectivity index (χ0n) is 6.21. The van der Waals surface area contributed by atoms with Crippen molar-refractivity contribution in [3.8, 4) is 0 Å². The largest absolute Gasteiger partial charge is 0.382 e. The van der Waals surface area contributed by atoms with Gasteiger partial charge < -0.3 is 10.1 Å². The third kappa shape index (κ3) is 1.95. The molecule has 57 valence electrons. The molecule has 1 aromatic rings. The maximum absolute atomic E-state index is 5.06. The van der Waals surface area contributed by atoms with Crippen molar-refractivity contribution in [1.82, 2.24) is 0 Å². The molecule has 0 bridgehead atoms. The van der Waals surface area contributed by atoms with Crippen molar-refractivity contribution in [3.05, 3.63) is 30.3 Å². The van der Waals surface area contributed by atoms with Crippen LogP contribution in [0.15, 0.2) is 24.3 Å². The molecule has 0 saturated carbocycles. The number of rotatable bonds is 3. The van der Waals surface area contributed by atoms with E-state index in [0.29, 0.717) is 6.10 Å². The maximum Gasteiger partial charge on any atom is 0.0981 e. The van der Waals surface area contributed by atoms with E-state index in [1.165, 1.54) is 0 Å². The van der Waals surface area contributed by atoms with E-state index in [0.717, 1.165) is 18.8 Å². The summed E-state index contributed by atoms with van der Waals surface area (Å²) in [6.07, 6.45) is 0.444. The Labute approximate surface area is 66.2 Å². The van der Waals surface area contributed by atoms with Crippen LogP contribution in [0.25, 0.3) is 0 Å². The summed E-state index contributed by atoms with van der Waals surface area (Å²) in [4.78, 5) is 0. The average molecular weight is 148 g/mol. The fourth-order valence-electron chi connectivity index (χ4n) is 0.922. The fourth-order valence-corrected chi connectivity index (χ4v) is 0.922. The molecule has 1 fully saturated rings.